The lowest BCUT2D eigenvalue weighted by Crippen LogP contribution is -2.06. The van der Waals surface area contributed by atoms with Gasteiger partial charge in [0.25, 0.3) is 20.2 Å². The van der Waals surface area contributed by atoms with Crippen LogP contribution in [0.3, 0.4) is 0 Å². The van der Waals surface area contributed by atoms with Gasteiger partial charge in [-0.3, -0.25) is 9.11 Å². The number of benzene rings is 1. The smallest absolute Gasteiger partial charge is 0.282 e. The second kappa shape index (κ2) is 3.64. The molecule has 0 aliphatic heterocycles. The fourth-order valence-electron chi connectivity index (χ4n) is 1.68. The van der Waals surface area contributed by atoms with E-state index in [0.717, 1.165) is 6.07 Å². The molecule has 0 saturated heterocycles. The molecular formula is C9H8O6S2. The maximum Gasteiger partial charge on any atom is 0.295 e. The Balaban J connectivity index is 2.83. The summed E-state index contributed by atoms with van der Waals surface area (Å²) in [6, 6.07) is 1.92. The quantitative estimate of drug-likeness (QED) is 0.771. The van der Waals surface area contributed by atoms with E-state index in [9.17, 15) is 16.8 Å². The van der Waals surface area contributed by atoms with Crippen molar-refractivity contribution in [2.45, 2.75) is 16.2 Å². The van der Waals surface area contributed by atoms with Crippen LogP contribution in [0, 0.1) is 0 Å². The van der Waals surface area contributed by atoms with Crippen molar-refractivity contribution in [2.24, 2.45) is 0 Å². The molecule has 1 aromatic rings. The molecule has 0 spiro atoms. The molecule has 0 heterocycles. The van der Waals surface area contributed by atoms with Crippen molar-refractivity contribution >= 4 is 26.3 Å². The van der Waals surface area contributed by atoms with Gasteiger partial charge >= 0.3 is 0 Å². The van der Waals surface area contributed by atoms with E-state index in [-0.39, 0.29) is 5.56 Å². The summed E-state index contributed by atoms with van der Waals surface area (Å²) < 4.78 is 62.1. The Labute approximate surface area is 98.1 Å². The molecule has 0 unspecified atom stereocenters. The van der Waals surface area contributed by atoms with Crippen LogP contribution in [-0.2, 0) is 26.7 Å². The summed E-state index contributed by atoms with van der Waals surface area (Å²) in [7, 11) is -9.05. The van der Waals surface area contributed by atoms with Gasteiger partial charge in [0.2, 0.25) is 0 Å². The van der Waals surface area contributed by atoms with E-state index >= 15 is 0 Å². The molecule has 0 saturated carbocycles. The third-order valence-corrected chi connectivity index (χ3v) is 4.12. The molecule has 6 nitrogen and oxygen atoms in total. The van der Waals surface area contributed by atoms with E-state index in [2.05, 4.69) is 0 Å². The lowest BCUT2D eigenvalue weighted by Gasteiger charge is -2.07. The van der Waals surface area contributed by atoms with E-state index in [0.29, 0.717) is 12.0 Å². The van der Waals surface area contributed by atoms with Gasteiger partial charge in [0.05, 0.1) is 4.90 Å². The molecule has 0 fully saturated rings. The van der Waals surface area contributed by atoms with Gasteiger partial charge in [-0.25, -0.2) is 0 Å². The number of allylic oxidation sites excluding steroid dienone is 1. The third-order valence-electron chi connectivity index (χ3n) is 2.40. The first-order valence-corrected chi connectivity index (χ1v) is 7.36. The Morgan fingerprint density at radius 2 is 1.65 bits per heavy atom. The fourth-order valence-corrected chi connectivity index (χ4v) is 3.07. The summed E-state index contributed by atoms with van der Waals surface area (Å²) >= 11 is 0. The Morgan fingerprint density at radius 1 is 1.00 bits per heavy atom. The van der Waals surface area contributed by atoms with Crippen molar-refractivity contribution in [1.82, 2.24) is 0 Å². The van der Waals surface area contributed by atoms with Gasteiger partial charge < -0.3 is 0 Å². The van der Waals surface area contributed by atoms with E-state index in [1.807, 2.05) is 0 Å². The van der Waals surface area contributed by atoms with Crippen molar-refractivity contribution in [3.63, 3.8) is 0 Å². The molecule has 0 radical (unpaired) electrons. The second-order valence-electron chi connectivity index (χ2n) is 3.55. The summed E-state index contributed by atoms with van der Waals surface area (Å²) in [5, 5.41) is 0. The summed E-state index contributed by atoms with van der Waals surface area (Å²) in [5.74, 6) is 0. The van der Waals surface area contributed by atoms with Gasteiger partial charge in [-0.15, -0.1) is 0 Å². The monoisotopic (exact) mass is 276 g/mol. The van der Waals surface area contributed by atoms with E-state index in [1.165, 1.54) is 12.1 Å². The van der Waals surface area contributed by atoms with Crippen molar-refractivity contribution in [3.8, 4) is 0 Å². The Morgan fingerprint density at radius 3 is 2.18 bits per heavy atom. The molecule has 1 aliphatic rings. The van der Waals surface area contributed by atoms with Gasteiger partial charge in [-0.1, -0.05) is 12.2 Å². The zero-order chi connectivity index (χ0) is 12.8. The van der Waals surface area contributed by atoms with Gasteiger partial charge in [-0.2, -0.15) is 16.8 Å². The zero-order valence-electron chi connectivity index (χ0n) is 8.36. The van der Waals surface area contributed by atoms with Gasteiger partial charge in [0.15, 0.2) is 0 Å². The molecule has 17 heavy (non-hydrogen) atoms. The van der Waals surface area contributed by atoms with E-state index in [1.54, 1.807) is 6.08 Å². The molecule has 0 amide bonds. The van der Waals surface area contributed by atoms with Crippen molar-refractivity contribution in [1.29, 1.82) is 0 Å². The van der Waals surface area contributed by atoms with E-state index < -0.39 is 30.0 Å². The van der Waals surface area contributed by atoms with Gasteiger partial charge in [0, 0.05) is 0 Å². The van der Waals surface area contributed by atoms with Crippen LogP contribution in [0.1, 0.15) is 11.1 Å². The van der Waals surface area contributed by atoms with Crippen LogP contribution in [0.2, 0.25) is 0 Å². The maximum atomic E-state index is 11.1. The molecule has 0 bridgehead atoms. The highest BCUT2D eigenvalue weighted by atomic mass is 32.2. The molecule has 2 rings (SSSR count). The number of rotatable bonds is 2. The Kier molecular flexibility index (Phi) is 2.62. The molecular weight excluding hydrogens is 268 g/mol. The predicted molar refractivity (Wildman–Crippen MR) is 58.8 cm³/mol. The average molecular weight is 276 g/mol. The third kappa shape index (κ3) is 2.25. The van der Waals surface area contributed by atoms with Crippen LogP contribution in [0.25, 0.3) is 6.08 Å². The Hall–Kier alpha value is -1.22. The summed E-state index contributed by atoms with van der Waals surface area (Å²) in [4.78, 5) is -1.07. The average Bonchev–Trinajstić information content (AvgIpc) is 2.59. The molecule has 8 heteroatoms. The van der Waals surface area contributed by atoms with Gasteiger partial charge in [0.1, 0.15) is 4.90 Å². The molecule has 92 valence electrons. The normalized spacial score (nSPS) is 14.9. The second-order valence-corrected chi connectivity index (χ2v) is 6.36. The first kappa shape index (κ1) is 12.2. The molecule has 1 aliphatic carbocycles. The van der Waals surface area contributed by atoms with Crippen molar-refractivity contribution in [3.05, 3.63) is 29.3 Å². The molecule has 0 aromatic heterocycles. The standard InChI is InChI=1S/C9H8O6S2/c10-16(11,12)7-4-6-2-1-3-8(6)9(5-7)17(13,14)15/h1,3-5H,2H2,(H,10,11,12)(H,13,14,15). The summed E-state index contributed by atoms with van der Waals surface area (Å²) in [6.45, 7) is 0. The highest BCUT2D eigenvalue weighted by molar-refractivity contribution is 7.86. The number of hydrogen-bond donors (Lipinski definition) is 2. The molecule has 1 aromatic carbocycles. The summed E-state index contributed by atoms with van der Waals surface area (Å²) in [6.07, 6.45) is 3.46. The lowest BCUT2D eigenvalue weighted by molar-refractivity contribution is 0.480. The Bertz CT molecular complexity index is 712. The summed E-state index contributed by atoms with van der Waals surface area (Å²) in [5.41, 5.74) is 0.674. The molecule has 2 N–H and O–H groups in total. The minimum absolute atomic E-state index is 0.250. The first-order valence-electron chi connectivity index (χ1n) is 4.48. The molecule has 0 atom stereocenters. The highest BCUT2D eigenvalue weighted by Crippen LogP contribution is 2.29. The predicted octanol–water partition coefficient (Wildman–Crippen LogP) is 0.749. The minimum Gasteiger partial charge on any atom is -0.282 e. The van der Waals surface area contributed by atoms with Crippen molar-refractivity contribution in [2.75, 3.05) is 0 Å². The maximum absolute atomic E-state index is 11.1. The van der Waals surface area contributed by atoms with E-state index in [4.69, 9.17) is 9.11 Å². The SMILES string of the molecule is O=S(=O)(O)c1cc2c(c(S(=O)(=O)O)c1)C=CC2. The number of fused-ring (bicyclic) bond motifs is 1. The van der Waals surface area contributed by atoms with Crippen LogP contribution < -0.4 is 0 Å². The number of hydrogen-bond acceptors (Lipinski definition) is 4. The largest absolute Gasteiger partial charge is 0.295 e. The first-order chi connectivity index (χ1) is 7.69. The fraction of sp³-hybridized carbons (Fsp3) is 0.111. The van der Waals surface area contributed by atoms with Crippen LogP contribution in [-0.4, -0.2) is 25.9 Å². The van der Waals surface area contributed by atoms with Crippen LogP contribution in [0.5, 0.6) is 0 Å². The van der Waals surface area contributed by atoms with Gasteiger partial charge in [-0.05, 0) is 29.7 Å². The highest BCUT2D eigenvalue weighted by Gasteiger charge is 2.23. The van der Waals surface area contributed by atoms with Crippen LogP contribution >= 0.6 is 0 Å². The topological polar surface area (TPSA) is 109 Å². The van der Waals surface area contributed by atoms with Crippen LogP contribution in [0.15, 0.2) is 28.0 Å². The zero-order valence-corrected chi connectivity index (χ0v) is 9.99. The van der Waals surface area contributed by atoms with Crippen LogP contribution in [0.4, 0.5) is 0 Å². The minimum atomic E-state index is -4.54. The van der Waals surface area contributed by atoms with Crippen molar-refractivity contribution < 1.29 is 25.9 Å². The lowest BCUT2D eigenvalue weighted by atomic mass is 10.1.